The first kappa shape index (κ1) is 22.9. The van der Waals surface area contributed by atoms with Crippen LogP contribution in [0.4, 0.5) is 11.4 Å². The predicted molar refractivity (Wildman–Crippen MR) is 120 cm³/mol. The van der Waals surface area contributed by atoms with Gasteiger partial charge in [0.1, 0.15) is 6.54 Å². The van der Waals surface area contributed by atoms with Crippen molar-refractivity contribution in [3.63, 3.8) is 0 Å². The minimum Gasteiger partial charge on any atom is -0.370 e. The van der Waals surface area contributed by atoms with Crippen molar-refractivity contribution in [3.8, 4) is 0 Å². The van der Waals surface area contributed by atoms with E-state index in [0.29, 0.717) is 30.4 Å². The molecule has 1 aromatic rings. The maximum Gasteiger partial charge on any atom is 0.244 e. The summed E-state index contributed by atoms with van der Waals surface area (Å²) in [6.45, 7) is 6.07. The molecule has 30 heavy (non-hydrogen) atoms. The first-order valence-corrected chi connectivity index (χ1v) is 13.0. The Balaban J connectivity index is 1.89. The fourth-order valence-corrected chi connectivity index (χ4v) is 6.19. The molecule has 0 atom stereocenters. The van der Waals surface area contributed by atoms with Crippen molar-refractivity contribution in [1.82, 2.24) is 9.21 Å². The molecule has 2 aliphatic heterocycles. The molecule has 2 aliphatic rings. The van der Waals surface area contributed by atoms with Crippen molar-refractivity contribution in [2.24, 2.45) is 0 Å². The lowest BCUT2D eigenvalue weighted by molar-refractivity contribution is -0.130. The molecule has 2 heterocycles. The van der Waals surface area contributed by atoms with E-state index in [0.717, 1.165) is 31.6 Å². The second-order valence-corrected chi connectivity index (χ2v) is 10.3. The molecule has 166 valence electrons. The summed E-state index contributed by atoms with van der Waals surface area (Å²) in [6, 6.07) is 4.96. The SMILES string of the molecule is CCN(CC)S(=O)(=O)c1ccc(N2CCCCC2)c(NC(=O)CN2CSCC2=O)c1. The van der Waals surface area contributed by atoms with Crippen LogP contribution in [0, 0.1) is 0 Å². The van der Waals surface area contributed by atoms with Gasteiger partial charge in [-0.05, 0) is 37.5 Å². The molecular weight excluding hydrogens is 424 g/mol. The largest absolute Gasteiger partial charge is 0.370 e. The number of hydrogen-bond donors (Lipinski definition) is 1. The first-order valence-electron chi connectivity index (χ1n) is 10.4. The third kappa shape index (κ3) is 5.09. The van der Waals surface area contributed by atoms with Crippen LogP contribution in [-0.4, -0.2) is 73.8 Å². The molecule has 8 nitrogen and oxygen atoms in total. The smallest absolute Gasteiger partial charge is 0.244 e. The highest BCUT2D eigenvalue weighted by molar-refractivity contribution is 8.00. The van der Waals surface area contributed by atoms with E-state index >= 15 is 0 Å². The molecule has 0 unspecified atom stereocenters. The number of sulfonamides is 1. The number of nitrogens with zero attached hydrogens (tertiary/aromatic N) is 3. The maximum atomic E-state index is 13.0. The Morgan fingerprint density at radius 3 is 2.47 bits per heavy atom. The minimum atomic E-state index is -3.64. The molecule has 1 aromatic carbocycles. The van der Waals surface area contributed by atoms with Gasteiger partial charge in [-0.15, -0.1) is 11.8 Å². The lowest BCUT2D eigenvalue weighted by Gasteiger charge is -2.31. The van der Waals surface area contributed by atoms with Gasteiger partial charge in [0.25, 0.3) is 0 Å². The van der Waals surface area contributed by atoms with E-state index in [2.05, 4.69) is 10.2 Å². The molecule has 0 aliphatic carbocycles. The van der Waals surface area contributed by atoms with Crippen LogP contribution in [0.25, 0.3) is 0 Å². The lowest BCUT2D eigenvalue weighted by atomic mass is 10.1. The summed E-state index contributed by atoms with van der Waals surface area (Å²) < 4.78 is 27.4. The molecule has 2 amide bonds. The molecule has 0 aromatic heterocycles. The van der Waals surface area contributed by atoms with Crippen LogP contribution in [0.5, 0.6) is 0 Å². The zero-order valence-electron chi connectivity index (χ0n) is 17.6. The second kappa shape index (κ2) is 10.0. The summed E-state index contributed by atoms with van der Waals surface area (Å²) in [5.41, 5.74) is 1.30. The Bertz CT molecular complexity index is 881. The average Bonchev–Trinajstić information content (AvgIpc) is 3.13. The summed E-state index contributed by atoms with van der Waals surface area (Å²) in [5, 5.41) is 2.88. The van der Waals surface area contributed by atoms with Crippen molar-refractivity contribution < 1.29 is 18.0 Å². The van der Waals surface area contributed by atoms with E-state index in [1.54, 1.807) is 32.0 Å². The van der Waals surface area contributed by atoms with Gasteiger partial charge >= 0.3 is 0 Å². The number of hydrogen-bond acceptors (Lipinski definition) is 6. The Morgan fingerprint density at radius 1 is 1.17 bits per heavy atom. The maximum absolute atomic E-state index is 13.0. The van der Waals surface area contributed by atoms with Crippen molar-refractivity contribution in [1.29, 1.82) is 0 Å². The van der Waals surface area contributed by atoms with Gasteiger partial charge in [0.2, 0.25) is 21.8 Å². The lowest BCUT2D eigenvalue weighted by Crippen LogP contribution is -2.35. The van der Waals surface area contributed by atoms with Crippen molar-refractivity contribution in [2.75, 3.05) is 54.6 Å². The summed E-state index contributed by atoms with van der Waals surface area (Å²) in [4.78, 5) is 28.4. The van der Waals surface area contributed by atoms with Gasteiger partial charge in [0.05, 0.1) is 27.9 Å². The van der Waals surface area contributed by atoms with Crippen LogP contribution in [0.2, 0.25) is 0 Å². The van der Waals surface area contributed by atoms with E-state index in [9.17, 15) is 18.0 Å². The standard InChI is InChI=1S/C20H30N4O4S2/c1-3-24(4-2)30(27,28)16-8-9-18(22-10-6-5-7-11-22)17(12-16)21-19(25)13-23-15-29-14-20(23)26/h8-9,12H,3-7,10-11,13-15H2,1-2H3,(H,21,25). The van der Waals surface area contributed by atoms with Crippen molar-refractivity contribution in [3.05, 3.63) is 18.2 Å². The highest BCUT2D eigenvalue weighted by Gasteiger charge is 2.26. The monoisotopic (exact) mass is 454 g/mol. The average molecular weight is 455 g/mol. The topological polar surface area (TPSA) is 90.0 Å². The Kier molecular flexibility index (Phi) is 7.65. The van der Waals surface area contributed by atoms with E-state index in [1.165, 1.54) is 27.4 Å². The Hall–Kier alpha value is -1.78. The van der Waals surface area contributed by atoms with Gasteiger partial charge in [-0.2, -0.15) is 4.31 Å². The fraction of sp³-hybridized carbons (Fsp3) is 0.600. The van der Waals surface area contributed by atoms with E-state index < -0.39 is 10.0 Å². The van der Waals surface area contributed by atoms with Crippen LogP contribution < -0.4 is 10.2 Å². The Morgan fingerprint density at radius 2 is 1.87 bits per heavy atom. The molecule has 0 radical (unpaired) electrons. The van der Waals surface area contributed by atoms with E-state index in [1.807, 2.05) is 0 Å². The number of anilines is 2. The van der Waals surface area contributed by atoms with Crippen molar-refractivity contribution >= 4 is 45.0 Å². The molecule has 2 fully saturated rings. The van der Waals surface area contributed by atoms with Gasteiger partial charge in [0.15, 0.2) is 0 Å². The van der Waals surface area contributed by atoms with Crippen molar-refractivity contribution in [2.45, 2.75) is 38.0 Å². The molecule has 0 bridgehead atoms. The number of piperidine rings is 1. The van der Waals surface area contributed by atoms with Crippen LogP contribution in [0.3, 0.4) is 0 Å². The van der Waals surface area contributed by atoms with Gasteiger partial charge in [-0.25, -0.2) is 8.42 Å². The first-order chi connectivity index (χ1) is 14.4. The molecule has 0 spiro atoms. The number of carbonyl (C=O) groups is 2. The molecule has 0 saturated carbocycles. The summed E-state index contributed by atoms with van der Waals surface area (Å²) >= 11 is 1.48. The van der Waals surface area contributed by atoms with Gasteiger partial charge in [-0.3, -0.25) is 9.59 Å². The number of rotatable bonds is 8. The van der Waals surface area contributed by atoms with Crippen LogP contribution in [0.15, 0.2) is 23.1 Å². The quantitative estimate of drug-likeness (QED) is 0.648. The van der Waals surface area contributed by atoms with Gasteiger partial charge < -0.3 is 15.1 Å². The fourth-order valence-electron chi connectivity index (χ4n) is 3.80. The normalized spacial score (nSPS) is 17.6. The molecular formula is C20H30N4O4S2. The zero-order valence-corrected chi connectivity index (χ0v) is 19.2. The van der Waals surface area contributed by atoms with Gasteiger partial charge in [0, 0.05) is 26.2 Å². The zero-order chi connectivity index (χ0) is 21.7. The minimum absolute atomic E-state index is 0.0295. The highest BCUT2D eigenvalue weighted by atomic mass is 32.2. The molecule has 1 N–H and O–H groups in total. The van der Waals surface area contributed by atoms with Crippen LogP contribution in [0.1, 0.15) is 33.1 Å². The summed E-state index contributed by atoms with van der Waals surface area (Å²) in [5.74, 6) is 0.525. The number of thioether (sulfide) groups is 1. The molecule has 2 saturated heterocycles. The number of carbonyl (C=O) groups excluding carboxylic acids is 2. The highest BCUT2D eigenvalue weighted by Crippen LogP contribution is 2.32. The van der Waals surface area contributed by atoms with E-state index in [-0.39, 0.29) is 23.3 Å². The summed E-state index contributed by atoms with van der Waals surface area (Å²) in [6.07, 6.45) is 3.29. The van der Waals surface area contributed by atoms with Crippen LogP contribution >= 0.6 is 11.8 Å². The Labute approximate surface area is 183 Å². The third-order valence-electron chi connectivity index (χ3n) is 5.44. The van der Waals surface area contributed by atoms with E-state index in [4.69, 9.17) is 0 Å². The molecule has 3 rings (SSSR count). The summed E-state index contributed by atoms with van der Waals surface area (Å²) in [7, 11) is -3.64. The second-order valence-electron chi connectivity index (χ2n) is 7.43. The number of nitrogens with one attached hydrogen (secondary N) is 1. The molecule has 10 heteroatoms. The van der Waals surface area contributed by atoms with Gasteiger partial charge in [-0.1, -0.05) is 13.8 Å². The third-order valence-corrected chi connectivity index (χ3v) is 8.43. The number of benzene rings is 1. The number of amides is 2. The van der Waals surface area contributed by atoms with Crippen LogP contribution in [-0.2, 0) is 19.6 Å². The predicted octanol–water partition coefficient (Wildman–Crippen LogP) is 2.18.